The first-order valence-corrected chi connectivity index (χ1v) is 12.0. The Kier molecular flexibility index (Phi) is 6.56. The fourth-order valence-electron chi connectivity index (χ4n) is 5.38. The van der Waals surface area contributed by atoms with E-state index in [1.165, 1.54) is 23.8 Å². The van der Waals surface area contributed by atoms with Gasteiger partial charge < -0.3 is 14.2 Å². The lowest BCUT2D eigenvalue weighted by Crippen LogP contribution is -2.49. The number of para-hydroxylation sites is 1. The topological polar surface area (TPSA) is 37.7 Å². The van der Waals surface area contributed by atoms with Crippen LogP contribution in [0, 0.1) is 0 Å². The van der Waals surface area contributed by atoms with Crippen molar-refractivity contribution in [2.45, 2.75) is 50.9 Å². The Balaban J connectivity index is 1.11. The van der Waals surface area contributed by atoms with Crippen molar-refractivity contribution in [2.24, 2.45) is 0 Å². The molecule has 1 amide bonds. The van der Waals surface area contributed by atoms with Gasteiger partial charge in [0.2, 0.25) is 5.91 Å². The van der Waals surface area contributed by atoms with Crippen LogP contribution < -0.4 is 0 Å². The van der Waals surface area contributed by atoms with Gasteiger partial charge in [0, 0.05) is 36.9 Å². The molecule has 5 nitrogen and oxygen atoms in total. The third-order valence-electron chi connectivity index (χ3n) is 7.12. The number of hydrogen-bond acceptors (Lipinski definition) is 3. The van der Waals surface area contributed by atoms with Gasteiger partial charge in [0.25, 0.3) is 0 Å². The predicted molar refractivity (Wildman–Crippen MR) is 127 cm³/mol. The summed E-state index contributed by atoms with van der Waals surface area (Å²) in [6, 6.07) is 21.8. The van der Waals surface area contributed by atoms with Gasteiger partial charge in [0.1, 0.15) is 6.54 Å². The van der Waals surface area contributed by atoms with Crippen LogP contribution in [0.1, 0.15) is 31.2 Å². The zero-order valence-electron chi connectivity index (χ0n) is 18.7. The van der Waals surface area contributed by atoms with Crippen molar-refractivity contribution in [1.29, 1.82) is 0 Å². The third kappa shape index (κ3) is 4.74. The number of benzene rings is 2. The molecule has 0 spiro atoms. The molecule has 0 radical (unpaired) electrons. The highest BCUT2D eigenvalue weighted by Crippen LogP contribution is 2.27. The average Bonchev–Trinajstić information content (AvgIpc) is 3.47. The molecule has 1 atom stereocenters. The van der Waals surface area contributed by atoms with Crippen molar-refractivity contribution in [3.8, 4) is 0 Å². The molecule has 2 saturated heterocycles. The maximum absolute atomic E-state index is 12.9. The van der Waals surface area contributed by atoms with Crippen molar-refractivity contribution in [3.05, 3.63) is 72.4 Å². The molecular formula is C27H33N3O2. The molecule has 0 N–H and O–H groups in total. The first kappa shape index (κ1) is 21.2. The molecule has 32 heavy (non-hydrogen) atoms. The Morgan fingerprint density at radius 2 is 1.69 bits per heavy atom. The largest absolute Gasteiger partial charge is 0.375 e. The zero-order valence-corrected chi connectivity index (χ0v) is 18.7. The molecule has 3 aromatic rings. The number of amides is 1. The number of piperidine rings is 1. The summed E-state index contributed by atoms with van der Waals surface area (Å²) in [4.78, 5) is 17.7. The molecule has 0 saturated carbocycles. The maximum Gasteiger partial charge on any atom is 0.242 e. The van der Waals surface area contributed by atoms with Crippen molar-refractivity contribution < 1.29 is 9.53 Å². The predicted octanol–water partition coefficient (Wildman–Crippen LogP) is 4.31. The minimum Gasteiger partial charge on any atom is -0.375 e. The SMILES string of the molecule is O=C(Cn1ccc2ccccc21)N1CCC(N2CCC[C@@H]2COCc2ccccc2)CC1. The van der Waals surface area contributed by atoms with E-state index < -0.39 is 0 Å². The molecule has 3 heterocycles. The zero-order chi connectivity index (χ0) is 21.8. The average molecular weight is 432 g/mol. The molecule has 2 fully saturated rings. The minimum absolute atomic E-state index is 0.231. The van der Waals surface area contributed by atoms with Crippen LogP contribution in [0.15, 0.2) is 66.9 Å². The molecule has 5 heteroatoms. The van der Waals surface area contributed by atoms with Gasteiger partial charge in [0.15, 0.2) is 0 Å². The molecular weight excluding hydrogens is 398 g/mol. The lowest BCUT2D eigenvalue weighted by molar-refractivity contribution is -0.133. The molecule has 1 aromatic heterocycles. The summed E-state index contributed by atoms with van der Waals surface area (Å²) < 4.78 is 8.14. The number of carbonyl (C=O) groups is 1. The number of carbonyl (C=O) groups excluding carboxylic acids is 1. The molecule has 2 aliphatic heterocycles. The first-order chi connectivity index (χ1) is 15.8. The minimum atomic E-state index is 0.231. The second kappa shape index (κ2) is 9.88. The van der Waals surface area contributed by atoms with Crippen LogP contribution in [0.2, 0.25) is 0 Å². The fourth-order valence-corrected chi connectivity index (χ4v) is 5.38. The van der Waals surface area contributed by atoms with E-state index in [-0.39, 0.29) is 5.91 Å². The van der Waals surface area contributed by atoms with Gasteiger partial charge in [-0.15, -0.1) is 0 Å². The fraction of sp³-hybridized carbons (Fsp3) is 0.444. The summed E-state index contributed by atoms with van der Waals surface area (Å²) in [7, 11) is 0. The molecule has 168 valence electrons. The highest BCUT2D eigenvalue weighted by atomic mass is 16.5. The second-order valence-electron chi connectivity index (χ2n) is 9.15. The number of likely N-dealkylation sites (tertiary alicyclic amines) is 2. The van der Waals surface area contributed by atoms with Gasteiger partial charge in [-0.1, -0.05) is 48.5 Å². The highest BCUT2D eigenvalue weighted by Gasteiger charge is 2.33. The van der Waals surface area contributed by atoms with E-state index in [0.29, 0.717) is 25.2 Å². The standard InChI is InChI=1S/C27H33N3O2/c31-27(19-29-16-12-23-9-4-5-11-26(23)29)28-17-13-24(14-18-28)30-15-6-10-25(30)21-32-20-22-7-2-1-3-8-22/h1-5,7-9,11-12,16,24-25H,6,10,13-15,17-21H2/t25-/m1/s1. The van der Waals surface area contributed by atoms with E-state index in [2.05, 4.69) is 56.8 Å². The summed E-state index contributed by atoms with van der Waals surface area (Å²) in [5.74, 6) is 0.231. The summed E-state index contributed by atoms with van der Waals surface area (Å²) >= 11 is 0. The summed E-state index contributed by atoms with van der Waals surface area (Å²) in [6.45, 7) is 4.79. The van der Waals surface area contributed by atoms with Crippen molar-refractivity contribution in [1.82, 2.24) is 14.4 Å². The van der Waals surface area contributed by atoms with E-state index in [0.717, 1.165) is 44.6 Å². The van der Waals surface area contributed by atoms with Gasteiger partial charge in [-0.2, -0.15) is 0 Å². The van der Waals surface area contributed by atoms with Crippen molar-refractivity contribution in [3.63, 3.8) is 0 Å². The van der Waals surface area contributed by atoms with E-state index in [9.17, 15) is 4.79 Å². The van der Waals surface area contributed by atoms with Gasteiger partial charge >= 0.3 is 0 Å². The number of ether oxygens (including phenoxy) is 1. The van der Waals surface area contributed by atoms with E-state index >= 15 is 0 Å². The number of hydrogen-bond donors (Lipinski definition) is 0. The Morgan fingerprint density at radius 3 is 2.53 bits per heavy atom. The molecule has 0 unspecified atom stereocenters. The van der Waals surface area contributed by atoms with Crippen molar-refractivity contribution in [2.75, 3.05) is 26.2 Å². The summed E-state index contributed by atoms with van der Waals surface area (Å²) in [5, 5.41) is 1.19. The smallest absolute Gasteiger partial charge is 0.242 e. The Bertz CT molecular complexity index is 1020. The van der Waals surface area contributed by atoms with Crippen LogP contribution >= 0.6 is 0 Å². The highest BCUT2D eigenvalue weighted by molar-refractivity contribution is 5.83. The lowest BCUT2D eigenvalue weighted by Gasteiger charge is -2.39. The monoisotopic (exact) mass is 431 g/mol. The van der Waals surface area contributed by atoms with Crippen LogP contribution in [0.4, 0.5) is 0 Å². The summed E-state index contributed by atoms with van der Waals surface area (Å²) in [6.07, 6.45) is 6.62. The number of fused-ring (bicyclic) bond motifs is 1. The third-order valence-corrected chi connectivity index (χ3v) is 7.12. The van der Waals surface area contributed by atoms with Gasteiger partial charge in [-0.3, -0.25) is 9.69 Å². The van der Waals surface area contributed by atoms with Gasteiger partial charge in [-0.25, -0.2) is 0 Å². The van der Waals surface area contributed by atoms with E-state index in [1.807, 2.05) is 24.4 Å². The van der Waals surface area contributed by atoms with E-state index in [1.54, 1.807) is 0 Å². The second-order valence-corrected chi connectivity index (χ2v) is 9.15. The van der Waals surface area contributed by atoms with Gasteiger partial charge in [-0.05, 0) is 55.3 Å². The quantitative estimate of drug-likeness (QED) is 0.559. The van der Waals surface area contributed by atoms with Crippen molar-refractivity contribution >= 4 is 16.8 Å². The molecule has 2 aromatic carbocycles. The normalized spacial score (nSPS) is 20.2. The number of aromatic nitrogens is 1. The van der Waals surface area contributed by atoms with Crippen LogP contribution in [0.5, 0.6) is 0 Å². The molecule has 5 rings (SSSR count). The lowest BCUT2D eigenvalue weighted by atomic mass is 10.0. The Hall–Kier alpha value is -2.63. The van der Waals surface area contributed by atoms with Crippen LogP contribution in [-0.2, 0) is 22.7 Å². The molecule has 0 aliphatic carbocycles. The van der Waals surface area contributed by atoms with Crippen LogP contribution in [0.3, 0.4) is 0 Å². The van der Waals surface area contributed by atoms with Crippen LogP contribution in [0.25, 0.3) is 10.9 Å². The van der Waals surface area contributed by atoms with E-state index in [4.69, 9.17) is 4.74 Å². The first-order valence-electron chi connectivity index (χ1n) is 12.0. The number of nitrogens with zero attached hydrogens (tertiary/aromatic N) is 3. The van der Waals surface area contributed by atoms with Crippen LogP contribution in [-0.4, -0.2) is 58.6 Å². The number of rotatable bonds is 7. The molecule has 0 bridgehead atoms. The maximum atomic E-state index is 12.9. The Labute approximate surface area is 190 Å². The Morgan fingerprint density at radius 1 is 0.906 bits per heavy atom. The molecule has 2 aliphatic rings. The van der Waals surface area contributed by atoms with Gasteiger partial charge in [0.05, 0.1) is 13.2 Å². The summed E-state index contributed by atoms with van der Waals surface area (Å²) in [5.41, 5.74) is 2.37.